The third kappa shape index (κ3) is 42.7. The summed E-state index contributed by atoms with van der Waals surface area (Å²) in [5.74, 6) is -0.634. The van der Waals surface area contributed by atoms with Gasteiger partial charge < -0.3 is 43.4 Å². The van der Waals surface area contributed by atoms with E-state index in [1.165, 1.54) is 116 Å². The van der Waals surface area contributed by atoms with Crippen molar-refractivity contribution in [3.05, 3.63) is 34.9 Å². The van der Waals surface area contributed by atoms with Gasteiger partial charge in [0, 0.05) is 52.0 Å². The van der Waals surface area contributed by atoms with Gasteiger partial charge in [-0.05, 0) is 118 Å². The van der Waals surface area contributed by atoms with E-state index in [0.717, 1.165) is 96.7 Å². The Hall–Kier alpha value is -3.75. The highest BCUT2D eigenvalue weighted by Gasteiger charge is 2.20. The number of alkyl carbamates (subject to hydrolysis) is 1. The Labute approximate surface area is 493 Å². The standard InChI is InChI=1S/C67H118N2O12/c1-6-11-16-19-23-32-48-76-66(77-49-33-24-20-17-12-7-2)42-41-65(73)80-56-60-52-58(54-78-63(71)38-29-22-21-28-37-62(70)75-50-43-57(34-25-14-9-4)35-26-15-10-5)51-59(53-60)55-79-64(72)40-39-61(36-27-18-13-8-3)81-67(74)68-44-47-69-45-30-31-46-69/h51-53,57,61,66H,6-50,54-56H2,1-5H3,(H,68,74). The molecule has 81 heavy (non-hydrogen) atoms. The molecule has 14 nitrogen and oxygen atoms in total. The molecule has 0 spiro atoms. The number of amides is 1. The second-order valence-corrected chi connectivity index (χ2v) is 23.1. The molecule has 1 fully saturated rings. The molecule has 0 saturated carbocycles. The number of nitrogens with one attached hydrogen (secondary N) is 1. The van der Waals surface area contributed by atoms with Crippen LogP contribution in [-0.2, 0) is 72.2 Å². The number of esters is 4. The molecule has 0 bridgehead atoms. The van der Waals surface area contributed by atoms with Crippen LogP contribution in [0.15, 0.2) is 18.2 Å². The number of carbonyl (C=O) groups is 5. The Morgan fingerprint density at radius 1 is 0.432 bits per heavy atom. The van der Waals surface area contributed by atoms with Gasteiger partial charge in [0.1, 0.15) is 25.9 Å². The highest BCUT2D eigenvalue weighted by molar-refractivity contribution is 5.71. The van der Waals surface area contributed by atoms with E-state index in [0.29, 0.717) is 81.1 Å². The molecule has 1 unspecified atom stereocenters. The smallest absolute Gasteiger partial charge is 0.407 e. The molecule has 0 aliphatic carbocycles. The van der Waals surface area contributed by atoms with Crippen molar-refractivity contribution in [2.45, 2.75) is 311 Å². The van der Waals surface area contributed by atoms with Crippen LogP contribution < -0.4 is 5.32 Å². The summed E-state index contributed by atoms with van der Waals surface area (Å²) in [5.41, 5.74) is 2.01. The van der Waals surface area contributed by atoms with Crippen molar-refractivity contribution in [2.24, 2.45) is 5.92 Å². The molecule has 468 valence electrons. The molecule has 1 saturated heterocycles. The minimum Gasteiger partial charge on any atom is -0.466 e. The average Bonchev–Trinajstić information content (AvgIpc) is 3.99. The maximum absolute atomic E-state index is 13.3. The molecule has 1 N–H and O–H groups in total. The zero-order chi connectivity index (χ0) is 58.6. The third-order valence-electron chi connectivity index (χ3n) is 15.5. The van der Waals surface area contributed by atoms with Gasteiger partial charge in [-0.3, -0.25) is 19.2 Å². The summed E-state index contributed by atoms with van der Waals surface area (Å²) >= 11 is 0. The summed E-state index contributed by atoms with van der Waals surface area (Å²) in [7, 11) is 0. The molecule has 1 aromatic carbocycles. The van der Waals surface area contributed by atoms with Crippen LogP contribution in [0.3, 0.4) is 0 Å². The van der Waals surface area contributed by atoms with Crippen molar-refractivity contribution in [1.29, 1.82) is 0 Å². The molecular weight excluding hydrogens is 1020 g/mol. The Morgan fingerprint density at radius 2 is 0.840 bits per heavy atom. The molecule has 1 atom stereocenters. The van der Waals surface area contributed by atoms with E-state index in [4.69, 9.17) is 33.2 Å². The van der Waals surface area contributed by atoms with Crippen molar-refractivity contribution in [1.82, 2.24) is 10.2 Å². The molecule has 1 amide bonds. The lowest BCUT2D eigenvalue weighted by molar-refractivity contribution is -0.160. The molecule has 0 aromatic heterocycles. The molecule has 14 heteroatoms. The van der Waals surface area contributed by atoms with Crippen LogP contribution in [-0.4, -0.2) is 93.3 Å². The van der Waals surface area contributed by atoms with E-state index in [-0.39, 0.29) is 57.0 Å². The average molecular weight is 1140 g/mol. The van der Waals surface area contributed by atoms with Crippen LogP contribution >= 0.6 is 0 Å². The molecule has 1 aliphatic rings. The van der Waals surface area contributed by atoms with Crippen molar-refractivity contribution < 1.29 is 57.1 Å². The predicted octanol–water partition coefficient (Wildman–Crippen LogP) is 16.7. The van der Waals surface area contributed by atoms with Gasteiger partial charge in [-0.1, -0.05) is 182 Å². The quantitative estimate of drug-likeness (QED) is 0.0284. The number of ether oxygens (including phenoxy) is 7. The van der Waals surface area contributed by atoms with Crippen LogP contribution in [0.5, 0.6) is 0 Å². The number of hydrogen-bond donors (Lipinski definition) is 1. The first-order valence-electron chi connectivity index (χ1n) is 33.2. The maximum Gasteiger partial charge on any atom is 0.407 e. The van der Waals surface area contributed by atoms with E-state index in [1.807, 2.05) is 18.2 Å². The number of rotatable bonds is 55. The third-order valence-corrected chi connectivity index (χ3v) is 15.5. The molecule has 1 aliphatic heterocycles. The Balaban J connectivity index is 2.00. The second kappa shape index (κ2) is 51.9. The van der Waals surface area contributed by atoms with Crippen LogP contribution in [0.4, 0.5) is 4.79 Å². The van der Waals surface area contributed by atoms with Gasteiger partial charge in [-0.25, -0.2) is 4.79 Å². The van der Waals surface area contributed by atoms with E-state index in [1.54, 1.807) is 0 Å². The first kappa shape index (κ1) is 73.4. The summed E-state index contributed by atoms with van der Waals surface area (Å²) in [6.45, 7) is 16.1. The lowest BCUT2D eigenvalue weighted by Crippen LogP contribution is -2.35. The molecule has 2 rings (SSSR count). The van der Waals surface area contributed by atoms with Crippen LogP contribution in [0.25, 0.3) is 0 Å². The van der Waals surface area contributed by atoms with Gasteiger partial charge in [0.05, 0.1) is 13.0 Å². The Kier molecular flexibility index (Phi) is 47.0. The summed E-state index contributed by atoms with van der Waals surface area (Å²) in [5, 5.41) is 2.89. The monoisotopic (exact) mass is 1140 g/mol. The Bertz CT molecular complexity index is 1690. The minimum absolute atomic E-state index is 0.00379. The van der Waals surface area contributed by atoms with Crippen molar-refractivity contribution in [3.63, 3.8) is 0 Å². The largest absolute Gasteiger partial charge is 0.466 e. The van der Waals surface area contributed by atoms with Crippen LogP contribution in [0.1, 0.15) is 295 Å². The fourth-order valence-corrected chi connectivity index (χ4v) is 10.4. The van der Waals surface area contributed by atoms with E-state index in [9.17, 15) is 24.0 Å². The fourth-order valence-electron chi connectivity index (χ4n) is 10.4. The van der Waals surface area contributed by atoms with Crippen molar-refractivity contribution in [2.75, 3.05) is 46.0 Å². The van der Waals surface area contributed by atoms with Crippen LogP contribution in [0, 0.1) is 5.92 Å². The molecule has 0 radical (unpaired) electrons. The maximum atomic E-state index is 13.3. The second-order valence-electron chi connectivity index (χ2n) is 23.1. The normalized spacial score (nSPS) is 13.0. The summed E-state index contributed by atoms with van der Waals surface area (Å²) < 4.78 is 41.1. The van der Waals surface area contributed by atoms with Gasteiger partial charge in [0.2, 0.25) is 0 Å². The van der Waals surface area contributed by atoms with Gasteiger partial charge in [-0.2, -0.15) is 0 Å². The number of benzene rings is 1. The summed E-state index contributed by atoms with van der Waals surface area (Å²) in [4.78, 5) is 67.2. The van der Waals surface area contributed by atoms with Gasteiger partial charge in [-0.15, -0.1) is 0 Å². The van der Waals surface area contributed by atoms with Crippen molar-refractivity contribution >= 4 is 30.0 Å². The first-order chi connectivity index (χ1) is 39.6. The highest BCUT2D eigenvalue weighted by Crippen LogP contribution is 2.23. The lowest BCUT2D eigenvalue weighted by Gasteiger charge is -2.19. The van der Waals surface area contributed by atoms with Crippen LogP contribution in [0.2, 0.25) is 0 Å². The minimum atomic E-state index is -0.482. The topological polar surface area (TPSA) is 165 Å². The summed E-state index contributed by atoms with van der Waals surface area (Å²) in [6.07, 6.45) is 35.1. The molecular formula is C67H118N2O12. The number of hydrogen-bond acceptors (Lipinski definition) is 13. The van der Waals surface area contributed by atoms with Crippen molar-refractivity contribution in [3.8, 4) is 0 Å². The van der Waals surface area contributed by atoms with E-state index >= 15 is 0 Å². The predicted molar refractivity (Wildman–Crippen MR) is 324 cm³/mol. The fraction of sp³-hybridized carbons (Fsp3) is 0.836. The van der Waals surface area contributed by atoms with E-state index < -0.39 is 24.5 Å². The zero-order valence-electron chi connectivity index (χ0n) is 52.3. The Morgan fingerprint density at radius 3 is 1.35 bits per heavy atom. The first-order valence-corrected chi connectivity index (χ1v) is 33.2. The number of unbranched alkanes of at least 4 members (excludes halogenated alkanes) is 20. The SMILES string of the molecule is CCCCCCCCOC(CCC(=O)OCc1cc(COC(=O)CCCCCCC(=O)OCCC(CCCCC)CCCCC)cc(COC(=O)CCC(CCCCCC)OC(=O)NCCN2CCCC2)c1)OCCCCCCCC. The highest BCUT2D eigenvalue weighted by atomic mass is 16.7. The lowest BCUT2D eigenvalue weighted by atomic mass is 9.92. The zero-order valence-corrected chi connectivity index (χ0v) is 52.3. The van der Waals surface area contributed by atoms with Gasteiger partial charge >= 0.3 is 30.0 Å². The van der Waals surface area contributed by atoms with Gasteiger partial charge in [0.15, 0.2) is 6.29 Å². The van der Waals surface area contributed by atoms with Gasteiger partial charge in [0.25, 0.3) is 0 Å². The molecule has 1 heterocycles. The number of carbonyl (C=O) groups excluding carboxylic acids is 5. The number of nitrogens with zero attached hydrogens (tertiary/aromatic N) is 1. The molecule has 1 aromatic rings. The van der Waals surface area contributed by atoms with E-state index in [2.05, 4.69) is 44.8 Å². The number of likely N-dealkylation sites (tertiary alicyclic amines) is 1. The summed E-state index contributed by atoms with van der Waals surface area (Å²) in [6, 6.07) is 5.52.